The van der Waals surface area contributed by atoms with Crippen LogP contribution in [0.2, 0.25) is 0 Å². The second-order valence-electron chi connectivity index (χ2n) is 3.89. The van der Waals surface area contributed by atoms with E-state index in [4.69, 9.17) is 5.73 Å². The number of nitrogens with two attached hydrogens (primary N) is 1. The number of aryl methyl sites for hydroxylation is 1. The van der Waals surface area contributed by atoms with Gasteiger partial charge in [0.1, 0.15) is 11.6 Å². The molecule has 0 atom stereocenters. The molecule has 4 nitrogen and oxygen atoms in total. The molecular weight excluding hydrogens is 233 g/mol. The Kier molecular flexibility index (Phi) is 3.23. The van der Waals surface area contributed by atoms with Crippen molar-refractivity contribution in [1.82, 2.24) is 4.98 Å². The first-order valence-electron chi connectivity index (χ1n) is 5.35. The van der Waals surface area contributed by atoms with Crippen LogP contribution in [0.4, 0.5) is 15.9 Å². The van der Waals surface area contributed by atoms with E-state index in [0.717, 1.165) is 0 Å². The lowest BCUT2D eigenvalue weighted by Gasteiger charge is -2.07. The topological polar surface area (TPSA) is 68.0 Å². The van der Waals surface area contributed by atoms with Crippen LogP contribution in [0.5, 0.6) is 0 Å². The molecule has 0 saturated carbocycles. The van der Waals surface area contributed by atoms with Crippen LogP contribution in [0.1, 0.15) is 15.9 Å². The molecular formula is C13H12FN3O. The number of benzene rings is 1. The van der Waals surface area contributed by atoms with Gasteiger partial charge in [-0.15, -0.1) is 0 Å². The first-order chi connectivity index (χ1) is 8.56. The van der Waals surface area contributed by atoms with E-state index in [9.17, 15) is 9.18 Å². The molecule has 0 unspecified atom stereocenters. The number of amides is 1. The summed E-state index contributed by atoms with van der Waals surface area (Å²) >= 11 is 0. The van der Waals surface area contributed by atoms with Gasteiger partial charge in [0.05, 0.1) is 11.9 Å². The predicted molar refractivity (Wildman–Crippen MR) is 67.7 cm³/mol. The number of anilines is 2. The first kappa shape index (κ1) is 12.0. The van der Waals surface area contributed by atoms with Crippen molar-refractivity contribution in [2.75, 3.05) is 11.1 Å². The number of nitrogens with zero attached hydrogens (tertiary/aromatic N) is 1. The number of aromatic nitrogens is 1. The van der Waals surface area contributed by atoms with Crippen LogP contribution >= 0.6 is 0 Å². The van der Waals surface area contributed by atoms with Crippen molar-refractivity contribution < 1.29 is 9.18 Å². The third kappa shape index (κ3) is 2.63. The number of carbonyl (C=O) groups is 1. The maximum absolute atomic E-state index is 13.1. The molecule has 3 N–H and O–H groups in total. The first-order valence-corrected chi connectivity index (χ1v) is 5.35. The summed E-state index contributed by atoms with van der Waals surface area (Å²) in [5, 5.41) is 2.58. The molecule has 2 rings (SSSR count). The minimum Gasteiger partial charge on any atom is -0.397 e. The minimum atomic E-state index is -0.448. The van der Waals surface area contributed by atoms with Gasteiger partial charge in [-0.25, -0.2) is 9.37 Å². The molecule has 0 radical (unpaired) electrons. The lowest BCUT2D eigenvalue weighted by atomic mass is 10.1. The van der Waals surface area contributed by atoms with Gasteiger partial charge in [-0.2, -0.15) is 0 Å². The Morgan fingerprint density at radius 3 is 2.78 bits per heavy atom. The van der Waals surface area contributed by atoms with E-state index in [1.54, 1.807) is 25.1 Å². The van der Waals surface area contributed by atoms with Crippen molar-refractivity contribution >= 4 is 17.4 Å². The van der Waals surface area contributed by atoms with E-state index in [1.807, 2.05) is 0 Å². The van der Waals surface area contributed by atoms with E-state index in [2.05, 4.69) is 10.3 Å². The number of pyridine rings is 1. The Morgan fingerprint density at radius 1 is 1.33 bits per heavy atom. The van der Waals surface area contributed by atoms with Crippen LogP contribution < -0.4 is 11.1 Å². The molecule has 0 spiro atoms. The summed E-state index contributed by atoms with van der Waals surface area (Å²) in [6.45, 7) is 1.74. The largest absolute Gasteiger partial charge is 0.397 e. The molecule has 1 heterocycles. The molecule has 1 aromatic heterocycles. The molecule has 0 aliphatic heterocycles. The van der Waals surface area contributed by atoms with Crippen LogP contribution in [0.25, 0.3) is 0 Å². The summed E-state index contributed by atoms with van der Waals surface area (Å²) in [5.74, 6) is -0.474. The Labute approximate surface area is 104 Å². The zero-order chi connectivity index (χ0) is 13.1. The predicted octanol–water partition coefficient (Wildman–Crippen LogP) is 2.36. The van der Waals surface area contributed by atoms with Gasteiger partial charge in [0.15, 0.2) is 0 Å². The van der Waals surface area contributed by atoms with Gasteiger partial charge >= 0.3 is 0 Å². The molecule has 5 heteroatoms. The summed E-state index contributed by atoms with van der Waals surface area (Å²) in [6, 6.07) is 7.28. The van der Waals surface area contributed by atoms with Gasteiger partial charge in [0.25, 0.3) is 5.91 Å². The summed E-state index contributed by atoms with van der Waals surface area (Å²) in [4.78, 5) is 15.9. The Hall–Kier alpha value is -2.43. The van der Waals surface area contributed by atoms with Crippen molar-refractivity contribution in [2.24, 2.45) is 0 Å². The van der Waals surface area contributed by atoms with Crippen LogP contribution in [0.15, 0.2) is 36.5 Å². The molecule has 1 amide bonds. The van der Waals surface area contributed by atoms with Crippen LogP contribution in [0, 0.1) is 12.7 Å². The smallest absolute Gasteiger partial charge is 0.257 e. The van der Waals surface area contributed by atoms with Gasteiger partial charge in [0, 0.05) is 5.56 Å². The maximum atomic E-state index is 13.1. The number of hydrogen-bond acceptors (Lipinski definition) is 3. The molecule has 0 aliphatic carbocycles. The molecule has 0 saturated heterocycles. The molecule has 1 aromatic carbocycles. The van der Waals surface area contributed by atoms with Gasteiger partial charge in [-0.3, -0.25) is 4.79 Å². The average Bonchev–Trinajstić information content (AvgIpc) is 2.35. The van der Waals surface area contributed by atoms with Crippen molar-refractivity contribution in [2.45, 2.75) is 6.92 Å². The summed E-state index contributed by atoms with van der Waals surface area (Å²) < 4.78 is 13.1. The monoisotopic (exact) mass is 245 g/mol. The lowest BCUT2D eigenvalue weighted by Crippen LogP contribution is -2.14. The lowest BCUT2D eigenvalue weighted by molar-refractivity contribution is 0.102. The van der Waals surface area contributed by atoms with Gasteiger partial charge in [-0.1, -0.05) is 6.07 Å². The third-order valence-corrected chi connectivity index (χ3v) is 2.47. The fourth-order valence-corrected chi connectivity index (χ4v) is 1.50. The van der Waals surface area contributed by atoms with E-state index < -0.39 is 11.7 Å². The summed E-state index contributed by atoms with van der Waals surface area (Å²) in [7, 11) is 0. The molecule has 2 aromatic rings. The zero-order valence-corrected chi connectivity index (χ0v) is 9.77. The highest BCUT2D eigenvalue weighted by atomic mass is 19.1. The summed E-state index contributed by atoms with van der Waals surface area (Å²) in [5.41, 5.74) is 6.98. The average molecular weight is 245 g/mol. The Balaban J connectivity index is 2.21. The fourth-order valence-electron chi connectivity index (χ4n) is 1.50. The van der Waals surface area contributed by atoms with Crippen LogP contribution in [0.3, 0.4) is 0 Å². The highest BCUT2D eigenvalue weighted by Crippen LogP contribution is 2.13. The van der Waals surface area contributed by atoms with Crippen molar-refractivity contribution in [3.63, 3.8) is 0 Å². The molecule has 92 valence electrons. The standard InChI is InChI=1S/C13H12FN3O/c1-8-2-3-9(14)6-11(8)13(18)17-12-5-4-10(15)7-16-12/h2-7H,15H2,1H3,(H,16,17,18). The number of halogens is 1. The maximum Gasteiger partial charge on any atom is 0.257 e. The Bertz CT molecular complexity index is 581. The highest BCUT2D eigenvalue weighted by molar-refractivity contribution is 6.04. The van der Waals surface area contributed by atoms with Gasteiger partial charge in [0.2, 0.25) is 0 Å². The fraction of sp³-hybridized carbons (Fsp3) is 0.0769. The zero-order valence-electron chi connectivity index (χ0n) is 9.77. The SMILES string of the molecule is Cc1ccc(F)cc1C(=O)Nc1ccc(N)cn1. The summed E-state index contributed by atoms with van der Waals surface area (Å²) in [6.07, 6.45) is 1.44. The quantitative estimate of drug-likeness (QED) is 0.853. The number of nitrogen functional groups attached to an aromatic ring is 1. The van der Waals surface area contributed by atoms with Gasteiger partial charge in [-0.05, 0) is 36.8 Å². The van der Waals surface area contributed by atoms with Crippen molar-refractivity contribution in [1.29, 1.82) is 0 Å². The number of nitrogens with one attached hydrogen (secondary N) is 1. The van der Waals surface area contributed by atoms with Crippen molar-refractivity contribution in [3.05, 3.63) is 53.5 Å². The van der Waals surface area contributed by atoms with E-state index >= 15 is 0 Å². The Morgan fingerprint density at radius 2 is 2.11 bits per heavy atom. The number of rotatable bonds is 2. The van der Waals surface area contributed by atoms with Crippen molar-refractivity contribution in [3.8, 4) is 0 Å². The molecule has 18 heavy (non-hydrogen) atoms. The van der Waals surface area contributed by atoms with E-state index in [0.29, 0.717) is 17.1 Å². The normalized spacial score (nSPS) is 10.1. The number of hydrogen-bond donors (Lipinski definition) is 2. The minimum absolute atomic E-state index is 0.286. The van der Waals surface area contributed by atoms with E-state index in [1.165, 1.54) is 18.3 Å². The molecule has 0 fully saturated rings. The number of carbonyl (C=O) groups excluding carboxylic acids is 1. The van der Waals surface area contributed by atoms with E-state index in [-0.39, 0.29) is 5.56 Å². The molecule has 0 bridgehead atoms. The van der Waals surface area contributed by atoms with Gasteiger partial charge < -0.3 is 11.1 Å². The highest BCUT2D eigenvalue weighted by Gasteiger charge is 2.10. The van der Waals surface area contributed by atoms with Crippen LogP contribution in [-0.2, 0) is 0 Å². The second kappa shape index (κ2) is 4.83. The molecule has 0 aliphatic rings. The third-order valence-electron chi connectivity index (χ3n) is 2.47. The van der Waals surface area contributed by atoms with Crippen LogP contribution in [-0.4, -0.2) is 10.9 Å². The second-order valence-corrected chi connectivity index (χ2v) is 3.89.